The molecule has 5 heteroatoms. The summed E-state index contributed by atoms with van der Waals surface area (Å²) in [5.41, 5.74) is 1.40. The summed E-state index contributed by atoms with van der Waals surface area (Å²) < 4.78 is 23.7. The smallest absolute Gasteiger partial charge is 0.247 e. The van der Waals surface area contributed by atoms with Gasteiger partial charge in [-0.1, -0.05) is 12.1 Å². The number of hydrogen-bond donors (Lipinski definition) is 0. The highest BCUT2D eigenvalue weighted by molar-refractivity contribution is 5.74. The van der Waals surface area contributed by atoms with E-state index < -0.39 is 5.82 Å². The third-order valence-electron chi connectivity index (χ3n) is 2.55. The highest BCUT2D eigenvalue weighted by Crippen LogP contribution is 2.30. The quantitative estimate of drug-likeness (QED) is 0.695. The second-order valence-corrected chi connectivity index (χ2v) is 3.70. The van der Waals surface area contributed by atoms with Gasteiger partial charge in [0.1, 0.15) is 17.1 Å². The van der Waals surface area contributed by atoms with Crippen molar-refractivity contribution in [3.8, 4) is 17.2 Å². The normalized spacial score (nSPS) is 10.8. The van der Waals surface area contributed by atoms with E-state index in [1.807, 2.05) is 18.2 Å². The molecule has 0 aliphatic rings. The van der Waals surface area contributed by atoms with Crippen LogP contribution in [0.4, 0.5) is 4.39 Å². The van der Waals surface area contributed by atoms with Gasteiger partial charge in [0.15, 0.2) is 0 Å². The molecule has 90 valence electrons. The lowest BCUT2D eigenvalue weighted by atomic mass is 10.2. The molecule has 2 heterocycles. The number of ether oxygens (including phenoxy) is 1. The van der Waals surface area contributed by atoms with Crippen LogP contribution in [0, 0.1) is 5.82 Å². The van der Waals surface area contributed by atoms with Crippen LogP contribution in [0.25, 0.3) is 22.7 Å². The van der Waals surface area contributed by atoms with Gasteiger partial charge in [-0.25, -0.2) is 14.4 Å². The highest BCUT2D eigenvalue weighted by Gasteiger charge is 2.13. The van der Waals surface area contributed by atoms with Gasteiger partial charge in [0.25, 0.3) is 0 Å². The Hall–Kier alpha value is -2.43. The van der Waals surface area contributed by atoms with Crippen LogP contribution in [-0.2, 0) is 0 Å². The summed E-state index contributed by atoms with van der Waals surface area (Å²) in [7, 11) is 1.57. The molecule has 2 aromatic heterocycles. The van der Waals surface area contributed by atoms with E-state index in [1.54, 1.807) is 13.2 Å². The number of nitrogens with zero attached hydrogens (tertiary/aromatic N) is 2. The number of methoxy groups -OCH3 is 1. The average molecular weight is 244 g/mol. The van der Waals surface area contributed by atoms with Crippen LogP contribution in [-0.4, -0.2) is 17.1 Å². The summed E-state index contributed by atoms with van der Waals surface area (Å²) in [6, 6.07) is 8.60. The van der Waals surface area contributed by atoms with Crippen LogP contribution in [0.2, 0.25) is 0 Å². The van der Waals surface area contributed by atoms with E-state index in [9.17, 15) is 4.39 Å². The molecular formula is C13H9FN2O2. The predicted molar refractivity (Wildman–Crippen MR) is 63.8 cm³/mol. The SMILES string of the molecule is COc1ccccc1-c1nc2cc(F)cnc2o1. The van der Waals surface area contributed by atoms with Crippen LogP contribution in [0.1, 0.15) is 0 Å². The van der Waals surface area contributed by atoms with Crippen molar-refractivity contribution >= 4 is 11.2 Å². The van der Waals surface area contributed by atoms with E-state index in [2.05, 4.69) is 9.97 Å². The third-order valence-corrected chi connectivity index (χ3v) is 2.55. The second kappa shape index (κ2) is 4.10. The maximum absolute atomic E-state index is 13.0. The van der Waals surface area contributed by atoms with Gasteiger partial charge in [0.2, 0.25) is 11.6 Å². The first-order valence-electron chi connectivity index (χ1n) is 5.33. The molecule has 0 atom stereocenters. The Morgan fingerprint density at radius 2 is 2.11 bits per heavy atom. The number of pyridine rings is 1. The molecule has 0 radical (unpaired) electrons. The van der Waals surface area contributed by atoms with Gasteiger partial charge in [-0.3, -0.25) is 0 Å². The Morgan fingerprint density at radius 3 is 2.94 bits per heavy atom. The fourth-order valence-corrected chi connectivity index (χ4v) is 1.74. The summed E-state index contributed by atoms with van der Waals surface area (Å²) in [5.74, 6) is 0.562. The van der Waals surface area contributed by atoms with Crippen molar-refractivity contribution in [3.05, 3.63) is 42.3 Å². The molecule has 0 fully saturated rings. The lowest BCUT2D eigenvalue weighted by molar-refractivity contribution is 0.414. The van der Waals surface area contributed by atoms with E-state index in [0.29, 0.717) is 28.4 Å². The van der Waals surface area contributed by atoms with Crippen LogP contribution < -0.4 is 4.74 Å². The largest absolute Gasteiger partial charge is 0.496 e. The highest BCUT2D eigenvalue weighted by atomic mass is 19.1. The lowest BCUT2D eigenvalue weighted by Crippen LogP contribution is -1.86. The van der Waals surface area contributed by atoms with E-state index in [-0.39, 0.29) is 0 Å². The van der Waals surface area contributed by atoms with Crippen molar-refractivity contribution in [2.75, 3.05) is 7.11 Å². The molecule has 0 aliphatic heterocycles. The molecule has 0 aliphatic carbocycles. The molecule has 0 bridgehead atoms. The summed E-state index contributed by atoms with van der Waals surface area (Å²) in [6.45, 7) is 0. The number of halogens is 1. The first kappa shape index (κ1) is 10.7. The topological polar surface area (TPSA) is 48.2 Å². The Kier molecular flexibility index (Phi) is 2.44. The summed E-state index contributed by atoms with van der Waals surface area (Å²) >= 11 is 0. The van der Waals surface area contributed by atoms with Gasteiger partial charge in [0.05, 0.1) is 18.9 Å². The van der Waals surface area contributed by atoms with Crippen LogP contribution in [0.3, 0.4) is 0 Å². The first-order chi connectivity index (χ1) is 8.78. The maximum atomic E-state index is 13.0. The van der Waals surface area contributed by atoms with Crippen LogP contribution >= 0.6 is 0 Å². The number of rotatable bonds is 2. The molecule has 0 saturated carbocycles. The zero-order chi connectivity index (χ0) is 12.5. The molecule has 1 aromatic carbocycles. The summed E-state index contributed by atoms with van der Waals surface area (Å²) in [4.78, 5) is 8.04. The van der Waals surface area contributed by atoms with Crippen molar-refractivity contribution in [2.24, 2.45) is 0 Å². The van der Waals surface area contributed by atoms with E-state index >= 15 is 0 Å². The zero-order valence-electron chi connectivity index (χ0n) is 9.55. The van der Waals surface area contributed by atoms with E-state index in [4.69, 9.17) is 9.15 Å². The molecular weight excluding hydrogens is 235 g/mol. The van der Waals surface area contributed by atoms with Crippen molar-refractivity contribution in [1.29, 1.82) is 0 Å². The number of para-hydroxylation sites is 1. The van der Waals surface area contributed by atoms with Crippen molar-refractivity contribution in [1.82, 2.24) is 9.97 Å². The monoisotopic (exact) mass is 244 g/mol. The molecule has 18 heavy (non-hydrogen) atoms. The molecule has 0 saturated heterocycles. The van der Waals surface area contributed by atoms with Gasteiger partial charge in [0, 0.05) is 6.07 Å². The van der Waals surface area contributed by atoms with Gasteiger partial charge in [-0.15, -0.1) is 0 Å². The molecule has 4 nitrogen and oxygen atoms in total. The Bertz CT molecular complexity index is 709. The zero-order valence-corrected chi connectivity index (χ0v) is 9.55. The van der Waals surface area contributed by atoms with Crippen LogP contribution in [0.5, 0.6) is 5.75 Å². The van der Waals surface area contributed by atoms with Gasteiger partial charge in [-0.2, -0.15) is 0 Å². The number of hydrogen-bond acceptors (Lipinski definition) is 4. The Labute approximate surface area is 102 Å². The standard InChI is InChI=1S/C13H9FN2O2/c1-17-11-5-3-2-4-9(11)12-16-10-6-8(14)7-15-13(10)18-12/h2-7H,1H3. The number of benzene rings is 1. The molecule has 3 aromatic rings. The van der Waals surface area contributed by atoms with Gasteiger partial charge >= 0.3 is 0 Å². The van der Waals surface area contributed by atoms with E-state index in [0.717, 1.165) is 6.20 Å². The predicted octanol–water partition coefficient (Wildman–Crippen LogP) is 3.04. The molecule has 0 N–H and O–H groups in total. The third kappa shape index (κ3) is 1.69. The van der Waals surface area contributed by atoms with Crippen molar-refractivity contribution in [3.63, 3.8) is 0 Å². The van der Waals surface area contributed by atoms with Crippen LogP contribution in [0.15, 0.2) is 40.9 Å². The Morgan fingerprint density at radius 1 is 1.28 bits per heavy atom. The molecule has 0 amide bonds. The fourth-order valence-electron chi connectivity index (χ4n) is 1.74. The second-order valence-electron chi connectivity index (χ2n) is 3.70. The summed E-state index contributed by atoms with van der Waals surface area (Å²) in [6.07, 6.45) is 1.10. The van der Waals surface area contributed by atoms with Gasteiger partial charge in [-0.05, 0) is 12.1 Å². The van der Waals surface area contributed by atoms with Crippen molar-refractivity contribution < 1.29 is 13.5 Å². The first-order valence-corrected chi connectivity index (χ1v) is 5.33. The lowest BCUT2D eigenvalue weighted by Gasteiger charge is -2.03. The fraction of sp³-hybridized carbons (Fsp3) is 0.0769. The average Bonchev–Trinajstić information content (AvgIpc) is 2.81. The van der Waals surface area contributed by atoms with Crippen molar-refractivity contribution in [2.45, 2.75) is 0 Å². The number of fused-ring (bicyclic) bond motifs is 1. The van der Waals surface area contributed by atoms with E-state index in [1.165, 1.54) is 6.07 Å². The van der Waals surface area contributed by atoms with Gasteiger partial charge < -0.3 is 9.15 Å². The molecule has 0 spiro atoms. The Balaban J connectivity index is 2.19. The molecule has 0 unspecified atom stereocenters. The number of oxazole rings is 1. The minimum absolute atomic E-state index is 0.303. The summed E-state index contributed by atoms with van der Waals surface area (Å²) in [5, 5.41) is 0. The minimum atomic E-state index is -0.442. The molecule has 3 rings (SSSR count). The minimum Gasteiger partial charge on any atom is -0.496 e. The maximum Gasteiger partial charge on any atom is 0.247 e. The number of aromatic nitrogens is 2.